The van der Waals surface area contributed by atoms with E-state index in [-0.39, 0.29) is 16.9 Å². The Balaban J connectivity index is 2.03. The third-order valence-corrected chi connectivity index (χ3v) is 6.58. The Morgan fingerprint density at radius 3 is 2.60 bits per heavy atom. The van der Waals surface area contributed by atoms with Gasteiger partial charge in [0.15, 0.2) is 0 Å². The predicted octanol–water partition coefficient (Wildman–Crippen LogP) is 3.50. The van der Waals surface area contributed by atoms with E-state index >= 15 is 0 Å². The fourth-order valence-corrected chi connectivity index (χ4v) is 5.27. The van der Waals surface area contributed by atoms with Gasteiger partial charge in [-0.15, -0.1) is 11.3 Å². The molecule has 0 aliphatic heterocycles. The van der Waals surface area contributed by atoms with Crippen molar-refractivity contribution in [1.82, 2.24) is 14.1 Å². The molecule has 0 spiro atoms. The van der Waals surface area contributed by atoms with Crippen molar-refractivity contribution >= 4 is 38.4 Å². The third-order valence-electron chi connectivity index (χ3n) is 5.37. The van der Waals surface area contributed by atoms with Crippen LogP contribution in [0.15, 0.2) is 33.9 Å². The Kier molecular flexibility index (Phi) is 4.89. The maximum Gasteiger partial charge on any atom is 0.337 e. The van der Waals surface area contributed by atoms with Gasteiger partial charge in [-0.25, -0.2) is 9.59 Å². The number of hydrogen-bond acceptors (Lipinski definition) is 4. The number of aromatic amines is 1. The Morgan fingerprint density at radius 2 is 1.93 bits per heavy atom. The third kappa shape index (κ3) is 3.08. The van der Waals surface area contributed by atoms with E-state index in [0.29, 0.717) is 22.7 Å². The van der Waals surface area contributed by atoms with Crippen molar-refractivity contribution in [3.63, 3.8) is 0 Å². The summed E-state index contributed by atoms with van der Waals surface area (Å²) in [6.45, 7) is 6.32. The molecule has 0 saturated heterocycles. The van der Waals surface area contributed by atoms with E-state index in [1.54, 1.807) is 0 Å². The van der Waals surface area contributed by atoms with Crippen molar-refractivity contribution in [2.24, 2.45) is 13.0 Å². The van der Waals surface area contributed by atoms with Crippen LogP contribution in [0, 0.1) is 12.8 Å². The van der Waals surface area contributed by atoms with Gasteiger partial charge in [-0.05, 0) is 24.5 Å². The molecule has 0 saturated carbocycles. The average Bonchev–Trinajstić information content (AvgIpc) is 3.22. The van der Waals surface area contributed by atoms with Crippen LogP contribution in [0.2, 0.25) is 0 Å². The highest BCUT2D eigenvalue weighted by molar-refractivity contribution is 7.19. The molecule has 3 aromatic heterocycles. The quantitative estimate of drug-likeness (QED) is 0.511. The van der Waals surface area contributed by atoms with E-state index in [9.17, 15) is 19.5 Å². The summed E-state index contributed by atoms with van der Waals surface area (Å²) in [4.78, 5) is 42.2. The van der Waals surface area contributed by atoms with Gasteiger partial charge in [0.25, 0.3) is 5.56 Å². The molecule has 4 aromatic rings. The van der Waals surface area contributed by atoms with E-state index in [0.717, 1.165) is 26.7 Å². The lowest BCUT2D eigenvalue weighted by atomic mass is 10.0. The van der Waals surface area contributed by atoms with Gasteiger partial charge in [0.2, 0.25) is 0 Å². The molecule has 0 atom stereocenters. The van der Waals surface area contributed by atoms with Crippen LogP contribution in [0.4, 0.5) is 0 Å². The van der Waals surface area contributed by atoms with Gasteiger partial charge in [0, 0.05) is 41.5 Å². The molecule has 3 heterocycles. The molecule has 7 nitrogen and oxygen atoms in total. The highest BCUT2D eigenvalue weighted by Crippen LogP contribution is 2.33. The second-order valence-electron chi connectivity index (χ2n) is 7.99. The molecule has 4 rings (SSSR count). The van der Waals surface area contributed by atoms with Crippen molar-refractivity contribution in [3.05, 3.63) is 66.8 Å². The number of benzene rings is 1. The highest BCUT2D eigenvalue weighted by atomic mass is 32.1. The summed E-state index contributed by atoms with van der Waals surface area (Å²) in [5.41, 5.74) is 1.94. The van der Waals surface area contributed by atoms with Gasteiger partial charge >= 0.3 is 11.7 Å². The zero-order valence-electron chi connectivity index (χ0n) is 17.3. The first-order chi connectivity index (χ1) is 14.2. The number of para-hydroxylation sites is 1. The summed E-state index contributed by atoms with van der Waals surface area (Å²) in [7, 11) is 1.40. The van der Waals surface area contributed by atoms with Crippen molar-refractivity contribution in [2.75, 3.05) is 0 Å². The van der Waals surface area contributed by atoms with Gasteiger partial charge in [0.05, 0.1) is 10.9 Å². The number of thiophene rings is 1. The number of H-pyrrole nitrogens is 1. The molecule has 0 amide bonds. The molecule has 30 heavy (non-hydrogen) atoms. The molecule has 0 radical (unpaired) electrons. The summed E-state index contributed by atoms with van der Waals surface area (Å²) >= 11 is 1.23. The second kappa shape index (κ2) is 7.28. The number of hydrogen-bond donors (Lipinski definition) is 2. The molecule has 0 aliphatic rings. The molecular formula is C22H23N3O4S. The van der Waals surface area contributed by atoms with Crippen molar-refractivity contribution in [3.8, 4) is 0 Å². The summed E-state index contributed by atoms with van der Waals surface area (Å²) in [6.07, 6.45) is 0.371. The first-order valence-electron chi connectivity index (χ1n) is 9.75. The zero-order valence-corrected chi connectivity index (χ0v) is 18.1. The lowest BCUT2D eigenvalue weighted by molar-refractivity contribution is 0.0698. The molecular weight excluding hydrogens is 402 g/mol. The molecule has 0 aliphatic carbocycles. The van der Waals surface area contributed by atoms with Crippen molar-refractivity contribution < 1.29 is 9.90 Å². The van der Waals surface area contributed by atoms with Crippen molar-refractivity contribution in [2.45, 2.75) is 33.7 Å². The van der Waals surface area contributed by atoms with Crippen LogP contribution in [0.5, 0.6) is 0 Å². The standard InChI is InChI=1S/C22H23N3O4S/c1-11(2)10-25-20-18(19(26)24(4)22(25)29)17(21(27)28)16(30-20)9-14-12(3)23-15-8-6-5-7-13(14)15/h5-8,11,23H,9-10H2,1-4H3,(H,27,28). The summed E-state index contributed by atoms with van der Waals surface area (Å²) in [6, 6.07) is 7.86. The highest BCUT2D eigenvalue weighted by Gasteiger charge is 2.26. The van der Waals surface area contributed by atoms with Crippen LogP contribution < -0.4 is 11.2 Å². The number of aryl methyl sites for hydroxylation is 1. The SMILES string of the molecule is Cc1[nH]c2ccccc2c1Cc1sc2c(c1C(=O)O)c(=O)n(C)c(=O)n2CC(C)C. The lowest BCUT2D eigenvalue weighted by Gasteiger charge is -2.11. The lowest BCUT2D eigenvalue weighted by Crippen LogP contribution is -2.38. The zero-order chi connectivity index (χ0) is 21.7. The Hall–Kier alpha value is -3.13. The minimum Gasteiger partial charge on any atom is -0.478 e. The molecule has 0 fully saturated rings. The molecule has 156 valence electrons. The van der Waals surface area contributed by atoms with Gasteiger partial charge < -0.3 is 10.1 Å². The number of aromatic carboxylic acids is 1. The number of fused-ring (bicyclic) bond motifs is 2. The fraction of sp³-hybridized carbons (Fsp3) is 0.318. The average molecular weight is 426 g/mol. The van der Waals surface area contributed by atoms with E-state index < -0.39 is 17.2 Å². The van der Waals surface area contributed by atoms with E-state index in [1.165, 1.54) is 23.0 Å². The number of nitrogens with one attached hydrogen (secondary N) is 1. The normalized spacial score (nSPS) is 11.8. The number of rotatable bonds is 5. The minimum absolute atomic E-state index is 0.00205. The molecule has 8 heteroatoms. The number of carboxylic acid groups (broad SMARTS) is 1. The van der Waals surface area contributed by atoms with Gasteiger partial charge in [-0.2, -0.15) is 0 Å². The smallest absolute Gasteiger partial charge is 0.337 e. The Bertz CT molecular complexity index is 1420. The predicted molar refractivity (Wildman–Crippen MR) is 119 cm³/mol. The maximum absolute atomic E-state index is 12.9. The van der Waals surface area contributed by atoms with E-state index in [4.69, 9.17) is 0 Å². The van der Waals surface area contributed by atoms with Crippen LogP contribution in [0.1, 0.15) is 40.3 Å². The molecule has 0 bridgehead atoms. The summed E-state index contributed by atoms with van der Waals surface area (Å²) in [5, 5.41) is 11.1. The minimum atomic E-state index is -1.15. The van der Waals surface area contributed by atoms with E-state index in [1.807, 2.05) is 45.0 Å². The maximum atomic E-state index is 12.9. The second-order valence-corrected chi connectivity index (χ2v) is 9.07. The number of carbonyl (C=O) groups is 1. The molecule has 2 N–H and O–H groups in total. The van der Waals surface area contributed by atoms with Crippen LogP contribution in [0.25, 0.3) is 21.1 Å². The first kappa shape index (κ1) is 20.2. The van der Waals surface area contributed by atoms with Crippen LogP contribution >= 0.6 is 11.3 Å². The summed E-state index contributed by atoms with van der Waals surface area (Å²) < 4.78 is 2.54. The van der Waals surface area contributed by atoms with Crippen LogP contribution in [-0.2, 0) is 20.0 Å². The van der Waals surface area contributed by atoms with Gasteiger partial charge in [-0.3, -0.25) is 13.9 Å². The monoisotopic (exact) mass is 425 g/mol. The van der Waals surface area contributed by atoms with E-state index in [2.05, 4.69) is 4.98 Å². The van der Waals surface area contributed by atoms with Gasteiger partial charge in [0.1, 0.15) is 4.83 Å². The number of nitrogens with zero attached hydrogens (tertiary/aromatic N) is 2. The Labute approximate surface area is 176 Å². The molecule has 0 unspecified atom stereocenters. The van der Waals surface area contributed by atoms with Gasteiger partial charge in [-0.1, -0.05) is 32.0 Å². The summed E-state index contributed by atoms with van der Waals surface area (Å²) in [5.74, 6) is -0.987. The topological polar surface area (TPSA) is 97.1 Å². The fourth-order valence-electron chi connectivity index (χ4n) is 3.98. The van der Waals surface area contributed by atoms with Crippen LogP contribution in [-0.4, -0.2) is 25.2 Å². The van der Waals surface area contributed by atoms with Crippen LogP contribution in [0.3, 0.4) is 0 Å². The largest absolute Gasteiger partial charge is 0.478 e. The van der Waals surface area contributed by atoms with Crippen molar-refractivity contribution in [1.29, 1.82) is 0 Å². The first-order valence-corrected chi connectivity index (χ1v) is 10.6. The Morgan fingerprint density at radius 1 is 1.23 bits per heavy atom. The molecule has 1 aromatic carbocycles. The number of aromatic nitrogens is 3. The number of carboxylic acids is 1.